The molecule has 4 aliphatic carbocycles. The fourth-order valence-corrected chi connectivity index (χ4v) is 5.94. The molecule has 6 unspecified atom stereocenters. The second-order valence-corrected chi connectivity index (χ2v) is 9.10. The Morgan fingerprint density at radius 3 is 2.23 bits per heavy atom. The van der Waals surface area contributed by atoms with Crippen molar-refractivity contribution in [3.8, 4) is 5.75 Å². The Morgan fingerprint density at radius 2 is 1.61 bits per heavy atom. The summed E-state index contributed by atoms with van der Waals surface area (Å²) in [6.07, 6.45) is 6.36. The number of ether oxygens (including phenoxy) is 1. The minimum Gasteiger partial charge on any atom is -0.423 e. The van der Waals surface area contributed by atoms with Gasteiger partial charge in [0.05, 0.1) is 23.1 Å². The highest BCUT2D eigenvalue weighted by Gasteiger charge is 2.67. The number of allylic oxidation sites excluding steroid dienone is 2. The van der Waals surface area contributed by atoms with E-state index < -0.39 is 5.97 Å². The van der Waals surface area contributed by atoms with Gasteiger partial charge in [0, 0.05) is 0 Å². The molecular formula is C26H23NO4. The smallest absolute Gasteiger partial charge is 0.343 e. The molecule has 6 atom stereocenters. The number of anilines is 1. The first-order valence-electron chi connectivity index (χ1n) is 11.0. The predicted octanol–water partition coefficient (Wildman–Crippen LogP) is 4.03. The summed E-state index contributed by atoms with van der Waals surface area (Å²) in [5, 5.41) is 0. The number of aryl methyl sites for hydroxylation is 1. The molecule has 31 heavy (non-hydrogen) atoms. The highest BCUT2D eigenvalue weighted by atomic mass is 16.5. The van der Waals surface area contributed by atoms with E-state index in [-0.39, 0.29) is 35.5 Å². The van der Waals surface area contributed by atoms with Gasteiger partial charge in [-0.25, -0.2) is 9.69 Å². The van der Waals surface area contributed by atoms with Crippen LogP contribution in [0.3, 0.4) is 0 Å². The number of imide groups is 1. The lowest BCUT2D eigenvalue weighted by Gasteiger charge is -2.37. The normalized spacial score (nSPS) is 32.1. The number of benzene rings is 2. The molecule has 5 aliphatic rings. The number of esters is 1. The molecule has 0 N–H and O–H groups in total. The summed E-state index contributed by atoms with van der Waals surface area (Å²) >= 11 is 0. The van der Waals surface area contributed by atoms with Crippen LogP contribution in [0, 0.1) is 35.5 Å². The van der Waals surface area contributed by atoms with Crippen LogP contribution in [0.15, 0.2) is 60.7 Å². The lowest BCUT2D eigenvalue weighted by Crippen LogP contribution is -2.40. The van der Waals surface area contributed by atoms with E-state index in [1.54, 1.807) is 36.4 Å². The predicted molar refractivity (Wildman–Crippen MR) is 114 cm³/mol. The van der Waals surface area contributed by atoms with Gasteiger partial charge < -0.3 is 4.74 Å². The molecule has 1 saturated heterocycles. The van der Waals surface area contributed by atoms with Gasteiger partial charge in [0.2, 0.25) is 11.8 Å². The first-order chi connectivity index (χ1) is 15.1. The number of rotatable bonds is 4. The lowest BCUT2D eigenvalue weighted by atomic mass is 9.63. The maximum atomic E-state index is 13.3. The molecule has 0 radical (unpaired) electrons. The summed E-state index contributed by atoms with van der Waals surface area (Å²) in [7, 11) is 0. The summed E-state index contributed by atoms with van der Waals surface area (Å²) < 4.78 is 5.49. The second-order valence-electron chi connectivity index (χ2n) is 9.10. The van der Waals surface area contributed by atoms with Crippen LogP contribution in [0.1, 0.15) is 29.3 Å². The summed E-state index contributed by atoms with van der Waals surface area (Å²) in [5.41, 5.74) is 1.93. The molecule has 3 fully saturated rings. The summed E-state index contributed by atoms with van der Waals surface area (Å²) in [6.45, 7) is 2.06. The Morgan fingerprint density at radius 1 is 0.968 bits per heavy atom. The van der Waals surface area contributed by atoms with E-state index in [0.717, 1.165) is 18.4 Å². The van der Waals surface area contributed by atoms with Crippen molar-refractivity contribution in [2.24, 2.45) is 35.5 Å². The number of hydrogen-bond acceptors (Lipinski definition) is 4. The zero-order chi connectivity index (χ0) is 21.3. The Balaban J connectivity index is 1.26. The van der Waals surface area contributed by atoms with Crippen LogP contribution in [0.4, 0.5) is 5.69 Å². The quantitative estimate of drug-likeness (QED) is 0.329. The van der Waals surface area contributed by atoms with Crippen molar-refractivity contribution < 1.29 is 19.1 Å². The average molecular weight is 413 g/mol. The van der Waals surface area contributed by atoms with Crippen LogP contribution in [0.5, 0.6) is 5.75 Å². The molecule has 2 aromatic carbocycles. The maximum absolute atomic E-state index is 13.3. The molecule has 156 valence electrons. The van der Waals surface area contributed by atoms with Gasteiger partial charge in [-0.1, -0.05) is 37.3 Å². The summed E-state index contributed by atoms with van der Waals surface area (Å²) in [4.78, 5) is 40.6. The molecular weight excluding hydrogens is 390 g/mol. The third-order valence-corrected chi connectivity index (χ3v) is 7.55. The van der Waals surface area contributed by atoms with E-state index in [2.05, 4.69) is 19.1 Å². The van der Waals surface area contributed by atoms with Gasteiger partial charge in [-0.05, 0) is 72.4 Å². The molecule has 1 heterocycles. The maximum Gasteiger partial charge on any atom is 0.343 e. The Kier molecular flexibility index (Phi) is 3.98. The van der Waals surface area contributed by atoms with Crippen LogP contribution in [-0.4, -0.2) is 17.8 Å². The van der Waals surface area contributed by atoms with Crippen molar-refractivity contribution in [3.63, 3.8) is 0 Å². The fraction of sp³-hybridized carbons (Fsp3) is 0.346. The largest absolute Gasteiger partial charge is 0.423 e. The lowest BCUT2D eigenvalue weighted by molar-refractivity contribution is -0.124. The van der Waals surface area contributed by atoms with Crippen LogP contribution in [-0.2, 0) is 16.0 Å². The topological polar surface area (TPSA) is 63.7 Å². The van der Waals surface area contributed by atoms with Crippen molar-refractivity contribution in [1.29, 1.82) is 0 Å². The van der Waals surface area contributed by atoms with Crippen molar-refractivity contribution in [3.05, 3.63) is 71.8 Å². The van der Waals surface area contributed by atoms with Gasteiger partial charge in [0.25, 0.3) is 0 Å². The molecule has 2 aromatic rings. The van der Waals surface area contributed by atoms with Crippen molar-refractivity contribution in [2.75, 3.05) is 4.90 Å². The molecule has 0 spiro atoms. The summed E-state index contributed by atoms with van der Waals surface area (Å²) in [6, 6.07) is 14.0. The minimum atomic E-state index is -0.509. The van der Waals surface area contributed by atoms with E-state index in [4.69, 9.17) is 4.74 Å². The number of carbonyl (C=O) groups excluding carboxylic acids is 3. The number of nitrogens with zero attached hydrogens (tertiary/aromatic N) is 1. The van der Waals surface area contributed by atoms with E-state index in [0.29, 0.717) is 28.8 Å². The van der Waals surface area contributed by atoms with Crippen LogP contribution < -0.4 is 9.64 Å². The van der Waals surface area contributed by atoms with Gasteiger partial charge in [0.15, 0.2) is 0 Å². The standard InChI is InChI=1S/C26H23NO4/c1-2-14-6-8-17(9-7-14)31-26(30)15-4-3-5-16(12-15)27-24(28)22-18-10-11-19(21-13-20(18)21)23(22)25(27)29/h3-12,18-23H,2,13H2,1H3. The van der Waals surface area contributed by atoms with Gasteiger partial charge >= 0.3 is 5.97 Å². The Labute approximate surface area is 180 Å². The van der Waals surface area contributed by atoms with Gasteiger partial charge in [0.1, 0.15) is 5.75 Å². The third kappa shape index (κ3) is 2.72. The fourth-order valence-electron chi connectivity index (χ4n) is 5.94. The Bertz CT molecular complexity index is 1100. The molecule has 2 saturated carbocycles. The minimum absolute atomic E-state index is 0.125. The van der Waals surface area contributed by atoms with E-state index >= 15 is 0 Å². The first-order valence-corrected chi connectivity index (χ1v) is 11.0. The molecule has 5 heteroatoms. The van der Waals surface area contributed by atoms with Gasteiger partial charge in [-0.3, -0.25) is 9.59 Å². The molecule has 2 bridgehead atoms. The molecule has 1 aliphatic heterocycles. The molecule has 2 amide bonds. The zero-order valence-electron chi connectivity index (χ0n) is 17.2. The van der Waals surface area contributed by atoms with Gasteiger partial charge in [-0.15, -0.1) is 0 Å². The number of hydrogen-bond donors (Lipinski definition) is 0. The van der Waals surface area contributed by atoms with E-state index in [9.17, 15) is 14.4 Å². The third-order valence-electron chi connectivity index (χ3n) is 7.55. The highest BCUT2D eigenvalue weighted by molar-refractivity contribution is 6.23. The second kappa shape index (κ2) is 6.64. The van der Waals surface area contributed by atoms with E-state index in [1.165, 1.54) is 4.90 Å². The first kappa shape index (κ1) is 18.6. The zero-order valence-corrected chi connectivity index (χ0v) is 17.2. The SMILES string of the molecule is CCc1ccc(OC(=O)c2cccc(N3C(=O)C4C5C=CC(C6CC56)C4C3=O)c2)cc1. The molecule has 5 nitrogen and oxygen atoms in total. The van der Waals surface area contributed by atoms with Crippen molar-refractivity contribution in [1.82, 2.24) is 0 Å². The van der Waals surface area contributed by atoms with Crippen LogP contribution in [0.25, 0.3) is 0 Å². The highest BCUT2D eigenvalue weighted by Crippen LogP contribution is 2.65. The summed E-state index contributed by atoms with van der Waals surface area (Å²) in [5.74, 6) is 0.695. The van der Waals surface area contributed by atoms with Crippen molar-refractivity contribution in [2.45, 2.75) is 19.8 Å². The van der Waals surface area contributed by atoms with Gasteiger partial charge in [-0.2, -0.15) is 0 Å². The average Bonchev–Trinajstić information content (AvgIpc) is 3.57. The molecule has 7 rings (SSSR count). The Hall–Kier alpha value is -3.21. The van der Waals surface area contributed by atoms with Crippen LogP contribution in [0.2, 0.25) is 0 Å². The number of amides is 2. The molecule has 0 aromatic heterocycles. The monoisotopic (exact) mass is 413 g/mol. The van der Waals surface area contributed by atoms with Crippen LogP contribution >= 0.6 is 0 Å². The van der Waals surface area contributed by atoms with Crippen molar-refractivity contribution >= 4 is 23.5 Å². The van der Waals surface area contributed by atoms with E-state index in [1.807, 2.05) is 12.1 Å². The number of carbonyl (C=O) groups is 3.